The minimum Gasteiger partial charge on any atom is -0.391 e. The number of nitrogens with two attached hydrogens (primary N) is 1. The summed E-state index contributed by atoms with van der Waals surface area (Å²) in [6.07, 6.45) is -0.0838. The van der Waals surface area contributed by atoms with Crippen molar-refractivity contribution in [2.24, 2.45) is 5.73 Å². The zero-order valence-corrected chi connectivity index (χ0v) is 10.4. The molecule has 0 atom stereocenters. The minimum absolute atomic E-state index is 0.336. The lowest BCUT2D eigenvalue weighted by molar-refractivity contribution is 0.207. The van der Waals surface area contributed by atoms with Gasteiger partial charge in [0.25, 0.3) is 0 Å². The molecule has 1 aromatic carbocycles. The maximum atomic E-state index is 10.9. The van der Waals surface area contributed by atoms with Crippen molar-refractivity contribution in [2.75, 3.05) is 0 Å². The molecule has 0 saturated heterocycles. The number of aryl methyl sites for hydroxylation is 2. The zero-order valence-electron chi connectivity index (χ0n) is 10.4. The van der Waals surface area contributed by atoms with Crippen molar-refractivity contribution < 1.29 is 9.53 Å². The Morgan fingerprint density at radius 3 is 2.61 bits per heavy atom. The Morgan fingerprint density at radius 2 is 2.06 bits per heavy atom. The summed E-state index contributed by atoms with van der Waals surface area (Å²) in [4.78, 5) is 10.9. The average Bonchev–Trinajstić information content (AvgIpc) is 2.72. The van der Waals surface area contributed by atoms with Gasteiger partial charge in [0.2, 0.25) is 5.88 Å². The first-order valence-corrected chi connectivity index (χ1v) is 5.73. The maximum absolute atomic E-state index is 10.9. The smallest absolute Gasteiger partial charge is 0.391 e. The number of primary amides is 1. The number of ether oxygens (including phenoxy) is 1. The van der Waals surface area contributed by atoms with Crippen LogP contribution in [0.2, 0.25) is 0 Å². The van der Waals surface area contributed by atoms with E-state index in [0.717, 1.165) is 23.4 Å². The van der Waals surface area contributed by atoms with Crippen LogP contribution in [0, 0.1) is 6.92 Å². The Kier molecular flexibility index (Phi) is 3.32. The average molecular weight is 245 g/mol. The fraction of sp³-hybridized carbons (Fsp3) is 0.231. The number of carbonyl (C=O) groups is 1. The molecule has 0 aliphatic rings. The third-order valence-electron chi connectivity index (χ3n) is 2.57. The Bertz CT molecular complexity index is 558. The normalized spacial score (nSPS) is 10.3. The second-order valence-electron chi connectivity index (χ2n) is 4.00. The van der Waals surface area contributed by atoms with Crippen molar-refractivity contribution in [3.8, 4) is 11.6 Å². The Hall–Kier alpha value is -2.30. The molecule has 5 nitrogen and oxygen atoms in total. The lowest BCUT2D eigenvalue weighted by Gasteiger charge is -2.06. The number of benzene rings is 1. The fourth-order valence-corrected chi connectivity index (χ4v) is 1.63. The van der Waals surface area contributed by atoms with Crippen molar-refractivity contribution in [3.05, 3.63) is 41.6 Å². The highest BCUT2D eigenvalue weighted by atomic mass is 16.6. The molecule has 0 bridgehead atoms. The van der Waals surface area contributed by atoms with E-state index < -0.39 is 6.09 Å². The molecular weight excluding hydrogens is 230 g/mol. The second kappa shape index (κ2) is 4.91. The second-order valence-corrected chi connectivity index (χ2v) is 4.00. The molecular formula is C13H15N3O2. The monoisotopic (exact) mass is 245 g/mol. The van der Waals surface area contributed by atoms with Crippen molar-refractivity contribution >= 4 is 6.09 Å². The summed E-state index contributed by atoms with van der Waals surface area (Å²) in [7, 11) is 0. The maximum Gasteiger partial charge on any atom is 0.411 e. The van der Waals surface area contributed by atoms with Gasteiger partial charge < -0.3 is 10.5 Å². The highest BCUT2D eigenvalue weighted by molar-refractivity contribution is 5.67. The lowest BCUT2D eigenvalue weighted by atomic mass is 10.2. The van der Waals surface area contributed by atoms with E-state index in [1.807, 2.05) is 38.1 Å². The fourth-order valence-electron chi connectivity index (χ4n) is 1.63. The summed E-state index contributed by atoms with van der Waals surface area (Å²) in [5, 5.41) is 4.37. The third kappa shape index (κ3) is 2.51. The van der Waals surface area contributed by atoms with Crippen LogP contribution in [0.4, 0.5) is 4.79 Å². The lowest BCUT2D eigenvalue weighted by Crippen LogP contribution is -2.18. The van der Waals surface area contributed by atoms with E-state index in [9.17, 15) is 4.79 Å². The van der Waals surface area contributed by atoms with Gasteiger partial charge in [0.1, 0.15) is 0 Å². The number of aromatic nitrogens is 2. The molecule has 0 unspecified atom stereocenters. The van der Waals surface area contributed by atoms with Crippen molar-refractivity contribution in [3.63, 3.8) is 0 Å². The summed E-state index contributed by atoms with van der Waals surface area (Å²) >= 11 is 0. The molecule has 1 amide bonds. The molecule has 0 aliphatic heterocycles. The van der Waals surface area contributed by atoms with E-state index in [-0.39, 0.29) is 0 Å². The summed E-state index contributed by atoms with van der Waals surface area (Å²) in [5.74, 6) is 0.336. The molecule has 0 fully saturated rings. The van der Waals surface area contributed by atoms with Gasteiger partial charge in [-0.2, -0.15) is 5.10 Å². The van der Waals surface area contributed by atoms with Crippen molar-refractivity contribution in [1.29, 1.82) is 0 Å². The number of rotatable bonds is 3. The first-order valence-electron chi connectivity index (χ1n) is 5.73. The SMILES string of the molecule is CCc1cc(OC(N)=O)n(-c2ccc(C)cc2)n1. The van der Waals surface area contributed by atoms with Crippen LogP contribution in [0.25, 0.3) is 5.69 Å². The summed E-state index contributed by atoms with van der Waals surface area (Å²) in [5.41, 5.74) is 7.87. The molecule has 18 heavy (non-hydrogen) atoms. The van der Waals surface area contributed by atoms with Crippen molar-refractivity contribution in [1.82, 2.24) is 9.78 Å². The molecule has 2 aromatic rings. The van der Waals surface area contributed by atoms with Crippen LogP contribution < -0.4 is 10.5 Å². The molecule has 1 heterocycles. The first kappa shape index (κ1) is 12.2. The van der Waals surface area contributed by atoms with Gasteiger partial charge in [-0.1, -0.05) is 24.6 Å². The van der Waals surface area contributed by atoms with E-state index >= 15 is 0 Å². The number of hydrogen-bond acceptors (Lipinski definition) is 3. The van der Waals surface area contributed by atoms with Crippen LogP contribution in [-0.2, 0) is 6.42 Å². The van der Waals surface area contributed by atoms with Gasteiger partial charge in [-0.25, -0.2) is 9.48 Å². The van der Waals surface area contributed by atoms with E-state index in [1.54, 1.807) is 10.7 Å². The number of nitrogens with zero attached hydrogens (tertiary/aromatic N) is 2. The molecule has 0 aliphatic carbocycles. The van der Waals surface area contributed by atoms with Gasteiger partial charge in [0.05, 0.1) is 11.4 Å². The van der Waals surface area contributed by atoms with E-state index in [4.69, 9.17) is 10.5 Å². The molecule has 0 radical (unpaired) electrons. The molecule has 5 heteroatoms. The van der Waals surface area contributed by atoms with Gasteiger partial charge in [-0.05, 0) is 25.5 Å². The molecule has 2 N–H and O–H groups in total. The van der Waals surface area contributed by atoms with Gasteiger partial charge >= 0.3 is 6.09 Å². The van der Waals surface area contributed by atoms with Crippen LogP contribution in [0.15, 0.2) is 30.3 Å². The van der Waals surface area contributed by atoms with Crippen LogP contribution in [-0.4, -0.2) is 15.9 Å². The van der Waals surface area contributed by atoms with E-state index in [0.29, 0.717) is 5.88 Å². The summed E-state index contributed by atoms with van der Waals surface area (Å²) < 4.78 is 6.52. The number of carbonyl (C=O) groups excluding carboxylic acids is 1. The van der Waals surface area contributed by atoms with Crippen LogP contribution >= 0.6 is 0 Å². The molecule has 0 saturated carbocycles. The molecule has 0 spiro atoms. The summed E-state index contributed by atoms with van der Waals surface area (Å²) in [6.45, 7) is 3.99. The molecule has 2 rings (SSSR count). The minimum atomic E-state index is -0.842. The molecule has 94 valence electrons. The van der Waals surface area contributed by atoms with Crippen LogP contribution in [0.5, 0.6) is 5.88 Å². The molecule has 1 aromatic heterocycles. The van der Waals surface area contributed by atoms with Crippen LogP contribution in [0.3, 0.4) is 0 Å². The largest absolute Gasteiger partial charge is 0.411 e. The Morgan fingerprint density at radius 1 is 1.39 bits per heavy atom. The van der Waals surface area contributed by atoms with Gasteiger partial charge in [0, 0.05) is 6.07 Å². The highest BCUT2D eigenvalue weighted by Crippen LogP contribution is 2.20. The third-order valence-corrected chi connectivity index (χ3v) is 2.57. The van der Waals surface area contributed by atoms with Gasteiger partial charge in [-0.3, -0.25) is 0 Å². The Labute approximate surface area is 105 Å². The topological polar surface area (TPSA) is 70.1 Å². The van der Waals surface area contributed by atoms with E-state index in [2.05, 4.69) is 5.10 Å². The van der Waals surface area contributed by atoms with Crippen LogP contribution in [0.1, 0.15) is 18.2 Å². The van der Waals surface area contributed by atoms with Gasteiger partial charge in [-0.15, -0.1) is 0 Å². The van der Waals surface area contributed by atoms with E-state index in [1.165, 1.54) is 0 Å². The number of hydrogen-bond donors (Lipinski definition) is 1. The predicted molar refractivity (Wildman–Crippen MR) is 67.9 cm³/mol. The quantitative estimate of drug-likeness (QED) is 0.901. The standard InChI is InChI=1S/C13H15N3O2/c1-3-10-8-12(18-13(14)17)16(15-10)11-6-4-9(2)5-7-11/h4-8H,3H2,1-2H3,(H2,14,17). The predicted octanol–water partition coefficient (Wildman–Crippen LogP) is 2.20. The number of amides is 1. The highest BCUT2D eigenvalue weighted by Gasteiger charge is 2.12. The Balaban J connectivity index is 2.44. The zero-order chi connectivity index (χ0) is 13.1. The van der Waals surface area contributed by atoms with Crippen molar-refractivity contribution in [2.45, 2.75) is 20.3 Å². The van der Waals surface area contributed by atoms with Gasteiger partial charge in [0.15, 0.2) is 0 Å². The summed E-state index contributed by atoms with van der Waals surface area (Å²) in [6, 6.07) is 9.48. The first-order chi connectivity index (χ1) is 8.60.